The molecule has 1 N–H and O–H groups in total. The smallest absolute Gasteiger partial charge is 0.263 e. The van der Waals surface area contributed by atoms with Crippen molar-refractivity contribution < 1.29 is 8.42 Å². The number of sulfonamides is 1. The van der Waals surface area contributed by atoms with Gasteiger partial charge < -0.3 is 4.90 Å². The van der Waals surface area contributed by atoms with Gasteiger partial charge in [0.15, 0.2) is 0 Å². The maximum absolute atomic E-state index is 12.5. The summed E-state index contributed by atoms with van der Waals surface area (Å²) >= 11 is 0. The average molecular weight is 345 g/mol. The molecule has 0 bridgehead atoms. The molecule has 1 saturated heterocycles. The van der Waals surface area contributed by atoms with Gasteiger partial charge in [-0.1, -0.05) is 25.1 Å². The summed E-state index contributed by atoms with van der Waals surface area (Å²) in [5, 5.41) is 0. The Morgan fingerprint density at radius 1 is 1.12 bits per heavy atom. The van der Waals surface area contributed by atoms with E-state index >= 15 is 0 Å². The Labute approximate surface area is 143 Å². The molecule has 1 aliphatic heterocycles. The minimum atomic E-state index is -3.62. The van der Waals surface area contributed by atoms with Crippen molar-refractivity contribution in [3.63, 3.8) is 0 Å². The lowest BCUT2D eigenvalue weighted by molar-refractivity contribution is 0.438. The van der Waals surface area contributed by atoms with Gasteiger partial charge in [0.1, 0.15) is 5.82 Å². The van der Waals surface area contributed by atoms with Crippen LogP contribution in [0.2, 0.25) is 0 Å². The Morgan fingerprint density at radius 2 is 1.83 bits per heavy atom. The summed E-state index contributed by atoms with van der Waals surface area (Å²) in [6.07, 6.45) is 4.11. The number of piperidine rings is 1. The second-order valence-electron chi connectivity index (χ2n) is 6.44. The van der Waals surface area contributed by atoms with Crippen LogP contribution in [0.3, 0.4) is 0 Å². The fourth-order valence-electron chi connectivity index (χ4n) is 2.95. The molecule has 3 rings (SSSR count). The zero-order chi connectivity index (χ0) is 17.2. The lowest BCUT2D eigenvalue weighted by Crippen LogP contribution is -2.32. The van der Waals surface area contributed by atoms with Crippen LogP contribution in [0.1, 0.15) is 25.3 Å². The zero-order valence-electron chi connectivity index (χ0n) is 14.1. The molecule has 0 unspecified atom stereocenters. The summed E-state index contributed by atoms with van der Waals surface area (Å²) in [5.41, 5.74) is 1.75. The molecule has 0 spiro atoms. The van der Waals surface area contributed by atoms with E-state index in [9.17, 15) is 8.42 Å². The van der Waals surface area contributed by atoms with Crippen molar-refractivity contribution in [1.82, 2.24) is 4.98 Å². The number of hydrogen-bond acceptors (Lipinski definition) is 4. The number of hydrogen-bond donors (Lipinski definition) is 1. The number of anilines is 2. The Morgan fingerprint density at radius 3 is 2.46 bits per heavy atom. The molecule has 0 saturated carbocycles. The SMILES string of the molecule is Cc1ccccc1S(=O)(=O)Nc1ccc(N2CCC(C)CC2)cn1. The van der Waals surface area contributed by atoms with E-state index in [1.807, 2.05) is 12.1 Å². The van der Waals surface area contributed by atoms with Gasteiger partial charge in [-0.15, -0.1) is 0 Å². The highest BCUT2D eigenvalue weighted by molar-refractivity contribution is 7.92. The average Bonchev–Trinajstić information content (AvgIpc) is 2.56. The van der Waals surface area contributed by atoms with Crippen molar-refractivity contribution in [2.75, 3.05) is 22.7 Å². The molecule has 1 aromatic heterocycles. The fourth-order valence-corrected chi connectivity index (χ4v) is 4.21. The normalized spacial score (nSPS) is 16.2. The zero-order valence-corrected chi connectivity index (χ0v) is 14.9. The number of rotatable bonds is 4. The first-order valence-electron chi connectivity index (χ1n) is 8.25. The molecule has 1 fully saturated rings. The number of pyridine rings is 1. The monoisotopic (exact) mass is 345 g/mol. The van der Waals surface area contributed by atoms with Crippen molar-refractivity contribution in [3.05, 3.63) is 48.2 Å². The molecule has 24 heavy (non-hydrogen) atoms. The third-order valence-electron chi connectivity index (χ3n) is 4.52. The van der Waals surface area contributed by atoms with Crippen LogP contribution in [-0.2, 0) is 10.0 Å². The van der Waals surface area contributed by atoms with Gasteiger partial charge >= 0.3 is 0 Å². The van der Waals surface area contributed by atoms with Crippen LogP contribution >= 0.6 is 0 Å². The molecule has 1 aliphatic rings. The van der Waals surface area contributed by atoms with E-state index in [1.54, 1.807) is 37.4 Å². The van der Waals surface area contributed by atoms with E-state index in [0.717, 1.165) is 24.7 Å². The predicted octanol–water partition coefficient (Wildman–Crippen LogP) is 3.43. The van der Waals surface area contributed by atoms with Crippen LogP contribution in [-0.4, -0.2) is 26.5 Å². The van der Waals surface area contributed by atoms with Crippen molar-refractivity contribution in [1.29, 1.82) is 0 Å². The summed E-state index contributed by atoms with van der Waals surface area (Å²) in [6, 6.07) is 10.6. The van der Waals surface area contributed by atoms with Crippen LogP contribution in [0.5, 0.6) is 0 Å². The Kier molecular flexibility index (Phi) is 4.76. The highest BCUT2D eigenvalue weighted by Gasteiger charge is 2.18. The molecule has 2 aromatic rings. The fraction of sp³-hybridized carbons (Fsp3) is 0.389. The molecule has 2 heterocycles. The maximum atomic E-state index is 12.5. The highest BCUT2D eigenvalue weighted by Crippen LogP contribution is 2.24. The van der Waals surface area contributed by atoms with E-state index in [-0.39, 0.29) is 4.90 Å². The Hall–Kier alpha value is -2.08. The summed E-state index contributed by atoms with van der Waals surface area (Å²) < 4.78 is 27.5. The van der Waals surface area contributed by atoms with Gasteiger partial charge in [0.05, 0.1) is 16.8 Å². The standard InChI is InChI=1S/C18H23N3O2S/c1-14-9-11-21(12-10-14)16-7-8-18(19-13-16)20-24(22,23)17-6-4-3-5-15(17)2/h3-8,13-14H,9-12H2,1-2H3,(H,19,20). The maximum Gasteiger partial charge on any atom is 0.263 e. The van der Waals surface area contributed by atoms with Gasteiger partial charge in [-0.05, 0) is 49.4 Å². The van der Waals surface area contributed by atoms with Gasteiger partial charge in [0.25, 0.3) is 10.0 Å². The third-order valence-corrected chi connectivity index (χ3v) is 6.03. The van der Waals surface area contributed by atoms with E-state index in [2.05, 4.69) is 21.5 Å². The van der Waals surface area contributed by atoms with Crippen LogP contribution in [0.15, 0.2) is 47.5 Å². The van der Waals surface area contributed by atoms with Gasteiger partial charge in [0, 0.05) is 13.1 Å². The van der Waals surface area contributed by atoms with E-state index in [0.29, 0.717) is 11.4 Å². The molecule has 0 aliphatic carbocycles. The number of aromatic nitrogens is 1. The lowest BCUT2D eigenvalue weighted by atomic mass is 9.99. The lowest BCUT2D eigenvalue weighted by Gasteiger charge is -2.31. The summed E-state index contributed by atoms with van der Waals surface area (Å²) in [5.74, 6) is 1.11. The highest BCUT2D eigenvalue weighted by atomic mass is 32.2. The number of benzene rings is 1. The van der Waals surface area contributed by atoms with Crippen molar-refractivity contribution in [2.24, 2.45) is 5.92 Å². The van der Waals surface area contributed by atoms with Crippen molar-refractivity contribution in [2.45, 2.75) is 31.6 Å². The first-order valence-corrected chi connectivity index (χ1v) is 9.73. The molecule has 6 heteroatoms. The Bertz CT molecular complexity index is 795. The predicted molar refractivity (Wildman–Crippen MR) is 96.8 cm³/mol. The number of aryl methyl sites for hydroxylation is 1. The quantitative estimate of drug-likeness (QED) is 0.922. The van der Waals surface area contributed by atoms with Crippen LogP contribution in [0.4, 0.5) is 11.5 Å². The molecule has 1 aromatic carbocycles. The van der Waals surface area contributed by atoms with Crippen LogP contribution in [0.25, 0.3) is 0 Å². The second kappa shape index (κ2) is 6.81. The Balaban J connectivity index is 1.73. The van der Waals surface area contributed by atoms with Crippen molar-refractivity contribution in [3.8, 4) is 0 Å². The molecule has 0 atom stereocenters. The first-order chi connectivity index (χ1) is 11.5. The second-order valence-corrected chi connectivity index (χ2v) is 8.09. The summed E-state index contributed by atoms with van der Waals surface area (Å²) in [7, 11) is -3.62. The molecular formula is C18H23N3O2S. The van der Waals surface area contributed by atoms with Crippen molar-refractivity contribution >= 4 is 21.5 Å². The minimum Gasteiger partial charge on any atom is -0.370 e. The first kappa shape index (κ1) is 16.8. The number of nitrogens with one attached hydrogen (secondary N) is 1. The minimum absolute atomic E-state index is 0.279. The summed E-state index contributed by atoms with van der Waals surface area (Å²) in [4.78, 5) is 6.86. The van der Waals surface area contributed by atoms with Crippen LogP contribution in [0, 0.1) is 12.8 Å². The molecule has 128 valence electrons. The summed E-state index contributed by atoms with van der Waals surface area (Å²) in [6.45, 7) is 6.11. The molecule has 5 nitrogen and oxygen atoms in total. The topological polar surface area (TPSA) is 62.3 Å². The number of nitrogens with zero attached hydrogens (tertiary/aromatic N) is 2. The van der Waals surface area contributed by atoms with E-state index < -0.39 is 10.0 Å². The van der Waals surface area contributed by atoms with Gasteiger partial charge in [0.2, 0.25) is 0 Å². The largest absolute Gasteiger partial charge is 0.370 e. The van der Waals surface area contributed by atoms with Gasteiger partial charge in [-0.3, -0.25) is 4.72 Å². The van der Waals surface area contributed by atoms with E-state index in [1.165, 1.54) is 12.8 Å². The van der Waals surface area contributed by atoms with Gasteiger partial charge in [-0.2, -0.15) is 0 Å². The van der Waals surface area contributed by atoms with Crippen LogP contribution < -0.4 is 9.62 Å². The van der Waals surface area contributed by atoms with Gasteiger partial charge in [-0.25, -0.2) is 13.4 Å². The molecule has 0 amide bonds. The molecule has 0 radical (unpaired) electrons. The van der Waals surface area contributed by atoms with E-state index in [4.69, 9.17) is 0 Å². The molecular weight excluding hydrogens is 322 g/mol. The third kappa shape index (κ3) is 3.70.